The second-order valence-electron chi connectivity index (χ2n) is 6.54. The first-order valence-corrected chi connectivity index (χ1v) is 10.2. The van der Waals surface area contributed by atoms with Crippen molar-refractivity contribution in [3.8, 4) is 11.4 Å². The molecule has 0 radical (unpaired) electrons. The minimum Gasteiger partial charge on any atom is -0.497 e. The third-order valence-electron chi connectivity index (χ3n) is 4.24. The van der Waals surface area contributed by atoms with Gasteiger partial charge in [0, 0.05) is 19.2 Å². The van der Waals surface area contributed by atoms with E-state index >= 15 is 0 Å². The standard InChI is InChI=1S/C21H23N5O3S/c1-14(20(28)22-12-16-7-9-19(29-3)10-8-16)30-21-25-23-13-26(21)18-6-4-5-17(11-18)24-15(2)27/h4-11,13-14H,12H2,1-3H3,(H,22,28)(H,24,27). The number of nitrogens with zero attached hydrogens (tertiary/aromatic N) is 3. The Balaban J connectivity index is 1.63. The second kappa shape index (κ2) is 9.93. The largest absolute Gasteiger partial charge is 0.497 e. The monoisotopic (exact) mass is 425 g/mol. The number of rotatable bonds is 8. The summed E-state index contributed by atoms with van der Waals surface area (Å²) in [6, 6.07) is 14.9. The molecule has 2 aromatic carbocycles. The van der Waals surface area contributed by atoms with Gasteiger partial charge in [0.2, 0.25) is 11.8 Å². The molecule has 8 nitrogen and oxygen atoms in total. The number of ether oxygens (including phenoxy) is 1. The first-order chi connectivity index (χ1) is 14.5. The molecule has 0 spiro atoms. The van der Waals surface area contributed by atoms with Gasteiger partial charge in [0.25, 0.3) is 0 Å². The van der Waals surface area contributed by atoms with E-state index in [4.69, 9.17) is 4.74 Å². The lowest BCUT2D eigenvalue weighted by Gasteiger charge is -2.13. The van der Waals surface area contributed by atoms with Crippen LogP contribution in [-0.4, -0.2) is 38.9 Å². The Morgan fingerprint density at radius 3 is 2.67 bits per heavy atom. The van der Waals surface area contributed by atoms with Crippen LogP contribution in [0.1, 0.15) is 19.4 Å². The number of hydrogen-bond donors (Lipinski definition) is 2. The maximum atomic E-state index is 12.5. The van der Waals surface area contributed by atoms with Gasteiger partial charge in [0.15, 0.2) is 5.16 Å². The molecule has 3 rings (SSSR count). The van der Waals surface area contributed by atoms with E-state index in [-0.39, 0.29) is 17.1 Å². The zero-order chi connectivity index (χ0) is 21.5. The Hall–Kier alpha value is -3.33. The average Bonchev–Trinajstić information content (AvgIpc) is 3.20. The van der Waals surface area contributed by atoms with Crippen molar-refractivity contribution in [3.05, 3.63) is 60.4 Å². The van der Waals surface area contributed by atoms with Gasteiger partial charge in [-0.1, -0.05) is 30.0 Å². The van der Waals surface area contributed by atoms with Gasteiger partial charge in [-0.05, 0) is 42.8 Å². The van der Waals surface area contributed by atoms with Crippen LogP contribution in [0.3, 0.4) is 0 Å². The van der Waals surface area contributed by atoms with Gasteiger partial charge in [-0.3, -0.25) is 14.2 Å². The number of carbonyl (C=O) groups excluding carboxylic acids is 2. The van der Waals surface area contributed by atoms with Gasteiger partial charge in [-0.15, -0.1) is 10.2 Å². The number of methoxy groups -OCH3 is 1. The van der Waals surface area contributed by atoms with Gasteiger partial charge >= 0.3 is 0 Å². The Morgan fingerprint density at radius 2 is 1.97 bits per heavy atom. The van der Waals surface area contributed by atoms with Crippen molar-refractivity contribution in [2.24, 2.45) is 0 Å². The number of anilines is 1. The molecular formula is C21H23N5O3S. The predicted octanol–water partition coefficient (Wildman–Crippen LogP) is 3.03. The van der Waals surface area contributed by atoms with Crippen LogP contribution in [-0.2, 0) is 16.1 Å². The molecule has 0 aliphatic carbocycles. The Kier molecular flexibility index (Phi) is 7.08. The summed E-state index contributed by atoms with van der Waals surface area (Å²) in [5, 5.41) is 14.0. The van der Waals surface area contributed by atoms with E-state index in [2.05, 4.69) is 20.8 Å². The van der Waals surface area contributed by atoms with Crippen LogP contribution >= 0.6 is 11.8 Å². The molecule has 1 aromatic heterocycles. The van der Waals surface area contributed by atoms with Crippen LogP contribution in [0.25, 0.3) is 5.69 Å². The first-order valence-electron chi connectivity index (χ1n) is 9.31. The highest BCUT2D eigenvalue weighted by Crippen LogP contribution is 2.25. The summed E-state index contributed by atoms with van der Waals surface area (Å²) >= 11 is 1.31. The lowest BCUT2D eigenvalue weighted by Crippen LogP contribution is -2.30. The van der Waals surface area contributed by atoms with Gasteiger partial charge in [0.05, 0.1) is 18.0 Å². The fourth-order valence-electron chi connectivity index (χ4n) is 2.71. The van der Waals surface area contributed by atoms with Crippen molar-refractivity contribution in [3.63, 3.8) is 0 Å². The molecule has 0 fully saturated rings. The van der Waals surface area contributed by atoms with E-state index < -0.39 is 0 Å². The van der Waals surface area contributed by atoms with E-state index in [9.17, 15) is 9.59 Å². The van der Waals surface area contributed by atoms with Gasteiger partial charge in [-0.2, -0.15) is 0 Å². The highest BCUT2D eigenvalue weighted by molar-refractivity contribution is 8.00. The van der Waals surface area contributed by atoms with E-state index in [0.29, 0.717) is 17.4 Å². The lowest BCUT2D eigenvalue weighted by atomic mass is 10.2. The van der Waals surface area contributed by atoms with Crippen molar-refractivity contribution in [2.75, 3.05) is 12.4 Å². The number of aromatic nitrogens is 3. The van der Waals surface area contributed by atoms with Crippen molar-refractivity contribution >= 4 is 29.3 Å². The summed E-state index contributed by atoms with van der Waals surface area (Å²) in [5.74, 6) is 0.529. The summed E-state index contributed by atoms with van der Waals surface area (Å²) in [5.41, 5.74) is 2.45. The van der Waals surface area contributed by atoms with E-state index in [1.807, 2.05) is 49.4 Å². The molecule has 0 saturated heterocycles. The highest BCUT2D eigenvalue weighted by atomic mass is 32.2. The molecule has 0 aliphatic heterocycles. The minimum absolute atomic E-state index is 0.0997. The number of amides is 2. The number of thioether (sulfide) groups is 1. The van der Waals surface area contributed by atoms with Crippen LogP contribution in [0.15, 0.2) is 60.0 Å². The third kappa shape index (κ3) is 5.60. The van der Waals surface area contributed by atoms with Gasteiger partial charge in [-0.25, -0.2) is 0 Å². The molecule has 1 atom stereocenters. The zero-order valence-electron chi connectivity index (χ0n) is 17.0. The molecule has 2 amide bonds. The summed E-state index contributed by atoms with van der Waals surface area (Å²) < 4.78 is 6.92. The normalized spacial score (nSPS) is 11.6. The van der Waals surface area contributed by atoms with Crippen LogP contribution < -0.4 is 15.4 Å². The van der Waals surface area contributed by atoms with E-state index in [1.165, 1.54) is 18.7 Å². The van der Waals surface area contributed by atoms with E-state index in [1.54, 1.807) is 24.1 Å². The second-order valence-corrected chi connectivity index (χ2v) is 7.85. The topological polar surface area (TPSA) is 98.1 Å². The molecule has 9 heteroatoms. The van der Waals surface area contributed by atoms with Crippen molar-refractivity contribution in [2.45, 2.75) is 30.8 Å². The van der Waals surface area contributed by atoms with Crippen molar-refractivity contribution in [1.29, 1.82) is 0 Å². The van der Waals surface area contributed by atoms with Gasteiger partial charge in [0.1, 0.15) is 12.1 Å². The number of carbonyl (C=O) groups is 2. The molecule has 156 valence electrons. The lowest BCUT2D eigenvalue weighted by molar-refractivity contribution is -0.120. The van der Waals surface area contributed by atoms with Crippen LogP contribution in [0.4, 0.5) is 5.69 Å². The molecular weight excluding hydrogens is 402 g/mol. The SMILES string of the molecule is COc1ccc(CNC(=O)C(C)Sc2nncn2-c2cccc(NC(C)=O)c2)cc1. The van der Waals surface area contributed by atoms with Crippen molar-refractivity contribution < 1.29 is 14.3 Å². The minimum atomic E-state index is -0.371. The summed E-state index contributed by atoms with van der Waals surface area (Å²) in [4.78, 5) is 23.8. The first kappa shape index (κ1) is 21.4. The smallest absolute Gasteiger partial charge is 0.233 e. The Labute approximate surface area is 179 Å². The Bertz CT molecular complexity index is 1020. The maximum Gasteiger partial charge on any atom is 0.233 e. The molecule has 2 N–H and O–H groups in total. The predicted molar refractivity (Wildman–Crippen MR) is 116 cm³/mol. The van der Waals surface area contributed by atoms with E-state index in [0.717, 1.165) is 17.0 Å². The van der Waals surface area contributed by atoms with Crippen LogP contribution in [0.5, 0.6) is 5.75 Å². The fraction of sp³-hybridized carbons (Fsp3) is 0.238. The number of hydrogen-bond acceptors (Lipinski definition) is 6. The maximum absolute atomic E-state index is 12.5. The molecule has 0 aliphatic rings. The fourth-order valence-corrected chi connectivity index (χ4v) is 3.57. The average molecular weight is 426 g/mol. The molecule has 0 bridgehead atoms. The summed E-state index contributed by atoms with van der Waals surface area (Å²) in [7, 11) is 1.62. The zero-order valence-corrected chi connectivity index (χ0v) is 17.8. The highest BCUT2D eigenvalue weighted by Gasteiger charge is 2.18. The Morgan fingerprint density at radius 1 is 1.20 bits per heavy atom. The quantitative estimate of drug-likeness (QED) is 0.539. The summed E-state index contributed by atoms with van der Waals surface area (Å²) in [6.45, 7) is 3.71. The molecule has 3 aromatic rings. The molecule has 1 unspecified atom stereocenters. The third-order valence-corrected chi connectivity index (χ3v) is 5.30. The van der Waals surface area contributed by atoms with Crippen LogP contribution in [0, 0.1) is 0 Å². The molecule has 1 heterocycles. The van der Waals surface area contributed by atoms with Gasteiger partial charge < -0.3 is 15.4 Å². The molecule has 30 heavy (non-hydrogen) atoms. The number of benzene rings is 2. The number of nitrogens with one attached hydrogen (secondary N) is 2. The van der Waals surface area contributed by atoms with Crippen LogP contribution in [0.2, 0.25) is 0 Å². The van der Waals surface area contributed by atoms with Crippen molar-refractivity contribution in [1.82, 2.24) is 20.1 Å². The summed E-state index contributed by atoms with van der Waals surface area (Å²) in [6.07, 6.45) is 1.58. The molecule has 0 saturated carbocycles.